The standard InChI is InChI=1S/C15H24O/c1-11(10-16)6-9-14-12(2)7-8-13(3)15(14,4)5/h6,10,13H,7-9H2,1-5H3/b11-6+. The van der Waals surface area contributed by atoms with Crippen LogP contribution >= 0.6 is 0 Å². The van der Waals surface area contributed by atoms with E-state index in [9.17, 15) is 4.79 Å². The summed E-state index contributed by atoms with van der Waals surface area (Å²) in [5.74, 6) is 0.733. The van der Waals surface area contributed by atoms with Crippen LogP contribution in [-0.4, -0.2) is 6.29 Å². The van der Waals surface area contributed by atoms with Crippen LogP contribution in [-0.2, 0) is 4.79 Å². The van der Waals surface area contributed by atoms with Crippen LogP contribution in [0.25, 0.3) is 0 Å². The van der Waals surface area contributed by atoms with Crippen LogP contribution < -0.4 is 0 Å². The number of aldehydes is 1. The van der Waals surface area contributed by atoms with E-state index in [0.29, 0.717) is 0 Å². The summed E-state index contributed by atoms with van der Waals surface area (Å²) in [6.45, 7) is 11.1. The minimum absolute atomic E-state index is 0.280. The van der Waals surface area contributed by atoms with Crippen molar-refractivity contribution in [2.45, 2.75) is 53.9 Å². The molecule has 0 saturated heterocycles. The summed E-state index contributed by atoms with van der Waals surface area (Å²) in [4.78, 5) is 10.6. The van der Waals surface area contributed by atoms with Gasteiger partial charge >= 0.3 is 0 Å². The first-order valence-corrected chi connectivity index (χ1v) is 6.20. The number of carbonyl (C=O) groups excluding carboxylic acids is 1. The highest BCUT2D eigenvalue weighted by Gasteiger charge is 2.33. The first-order chi connectivity index (χ1) is 7.39. The van der Waals surface area contributed by atoms with Gasteiger partial charge in [0.2, 0.25) is 0 Å². The molecule has 1 aliphatic carbocycles. The summed E-state index contributed by atoms with van der Waals surface area (Å²) in [5.41, 5.74) is 4.18. The van der Waals surface area contributed by atoms with E-state index in [1.165, 1.54) is 24.0 Å². The molecule has 90 valence electrons. The van der Waals surface area contributed by atoms with E-state index >= 15 is 0 Å². The van der Waals surface area contributed by atoms with Crippen LogP contribution in [0.3, 0.4) is 0 Å². The number of rotatable bonds is 3. The third-order valence-corrected chi connectivity index (χ3v) is 4.29. The molecule has 1 heteroatoms. The molecule has 0 amide bonds. The lowest BCUT2D eigenvalue weighted by Crippen LogP contribution is -2.28. The van der Waals surface area contributed by atoms with Gasteiger partial charge < -0.3 is 0 Å². The minimum atomic E-state index is 0.280. The van der Waals surface area contributed by atoms with Crippen LogP contribution in [0.15, 0.2) is 22.8 Å². The van der Waals surface area contributed by atoms with Gasteiger partial charge in [0.1, 0.15) is 6.29 Å². The fourth-order valence-corrected chi connectivity index (χ4v) is 2.54. The zero-order chi connectivity index (χ0) is 12.3. The maximum Gasteiger partial charge on any atom is 0.145 e. The Labute approximate surface area is 99.6 Å². The zero-order valence-electron chi connectivity index (χ0n) is 11.3. The first kappa shape index (κ1) is 13.2. The van der Waals surface area contributed by atoms with Gasteiger partial charge in [-0.15, -0.1) is 0 Å². The van der Waals surface area contributed by atoms with Crippen molar-refractivity contribution in [2.75, 3.05) is 0 Å². The van der Waals surface area contributed by atoms with Gasteiger partial charge in [0, 0.05) is 0 Å². The molecule has 0 spiro atoms. The Hall–Kier alpha value is -0.850. The van der Waals surface area contributed by atoms with E-state index in [1.54, 1.807) is 0 Å². The van der Waals surface area contributed by atoms with E-state index in [0.717, 1.165) is 24.2 Å². The third-order valence-electron chi connectivity index (χ3n) is 4.29. The van der Waals surface area contributed by atoms with E-state index in [-0.39, 0.29) is 5.41 Å². The Bertz CT molecular complexity index is 331. The SMILES string of the molecule is CC1=C(C/C=C(\C)C=O)C(C)(C)C(C)CC1. The van der Waals surface area contributed by atoms with Crippen molar-refractivity contribution in [3.05, 3.63) is 22.8 Å². The van der Waals surface area contributed by atoms with Gasteiger partial charge in [-0.05, 0) is 50.0 Å². The molecule has 0 heterocycles. The molecule has 1 atom stereocenters. The Balaban J connectivity index is 2.94. The summed E-state index contributed by atoms with van der Waals surface area (Å²) < 4.78 is 0. The average molecular weight is 220 g/mol. The monoisotopic (exact) mass is 220 g/mol. The molecule has 16 heavy (non-hydrogen) atoms. The van der Waals surface area contributed by atoms with Crippen LogP contribution in [0.1, 0.15) is 53.9 Å². The molecule has 0 aromatic rings. The van der Waals surface area contributed by atoms with Gasteiger partial charge in [-0.2, -0.15) is 0 Å². The van der Waals surface area contributed by atoms with Gasteiger partial charge in [-0.25, -0.2) is 0 Å². The van der Waals surface area contributed by atoms with Gasteiger partial charge in [-0.3, -0.25) is 4.79 Å². The molecular formula is C15H24O. The Morgan fingerprint density at radius 3 is 2.69 bits per heavy atom. The lowest BCUT2D eigenvalue weighted by Gasteiger charge is -2.40. The van der Waals surface area contributed by atoms with E-state index in [4.69, 9.17) is 0 Å². The topological polar surface area (TPSA) is 17.1 Å². The first-order valence-electron chi connectivity index (χ1n) is 6.20. The molecule has 1 aliphatic rings. The lowest BCUT2D eigenvalue weighted by atomic mass is 9.65. The van der Waals surface area contributed by atoms with Crippen molar-refractivity contribution in [3.63, 3.8) is 0 Å². The largest absolute Gasteiger partial charge is 0.298 e. The number of hydrogen-bond acceptors (Lipinski definition) is 1. The van der Waals surface area contributed by atoms with Crippen LogP contribution in [0.4, 0.5) is 0 Å². The second-order valence-electron chi connectivity index (χ2n) is 5.69. The maximum absolute atomic E-state index is 10.6. The average Bonchev–Trinajstić information content (AvgIpc) is 2.23. The Kier molecular flexibility index (Phi) is 4.12. The summed E-state index contributed by atoms with van der Waals surface area (Å²) in [6, 6.07) is 0. The summed E-state index contributed by atoms with van der Waals surface area (Å²) in [5, 5.41) is 0. The van der Waals surface area contributed by atoms with E-state index in [1.807, 2.05) is 6.92 Å². The van der Waals surface area contributed by atoms with Crippen molar-refractivity contribution in [3.8, 4) is 0 Å². The van der Waals surface area contributed by atoms with E-state index in [2.05, 4.69) is 33.8 Å². The molecular weight excluding hydrogens is 196 g/mol. The highest BCUT2D eigenvalue weighted by atomic mass is 16.1. The molecule has 0 saturated carbocycles. The second kappa shape index (κ2) is 4.99. The normalized spacial score (nSPS) is 25.8. The summed E-state index contributed by atoms with van der Waals surface area (Å²) >= 11 is 0. The Morgan fingerprint density at radius 1 is 1.50 bits per heavy atom. The van der Waals surface area contributed by atoms with Crippen molar-refractivity contribution >= 4 is 6.29 Å². The third kappa shape index (κ3) is 2.63. The van der Waals surface area contributed by atoms with Crippen molar-refractivity contribution in [1.82, 2.24) is 0 Å². The number of hydrogen-bond donors (Lipinski definition) is 0. The van der Waals surface area contributed by atoms with Gasteiger partial charge in [-0.1, -0.05) is 38.0 Å². The van der Waals surface area contributed by atoms with Crippen LogP contribution in [0, 0.1) is 11.3 Å². The number of carbonyl (C=O) groups is 1. The van der Waals surface area contributed by atoms with Crippen molar-refractivity contribution < 1.29 is 4.79 Å². The Morgan fingerprint density at radius 2 is 2.12 bits per heavy atom. The molecule has 1 unspecified atom stereocenters. The number of allylic oxidation sites excluding steroid dienone is 4. The van der Waals surface area contributed by atoms with Crippen LogP contribution in [0.5, 0.6) is 0 Å². The molecule has 0 aromatic carbocycles. The van der Waals surface area contributed by atoms with E-state index < -0.39 is 0 Å². The molecule has 0 radical (unpaired) electrons. The molecule has 0 fully saturated rings. The minimum Gasteiger partial charge on any atom is -0.298 e. The summed E-state index contributed by atoms with van der Waals surface area (Å²) in [6.07, 6.45) is 6.45. The highest BCUT2D eigenvalue weighted by Crippen LogP contribution is 2.45. The molecule has 1 rings (SSSR count). The molecule has 1 nitrogen and oxygen atoms in total. The van der Waals surface area contributed by atoms with Gasteiger partial charge in [0.25, 0.3) is 0 Å². The maximum atomic E-state index is 10.6. The van der Waals surface area contributed by atoms with Crippen molar-refractivity contribution in [2.24, 2.45) is 11.3 Å². The second-order valence-corrected chi connectivity index (χ2v) is 5.69. The van der Waals surface area contributed by atoms with Crippen molar-refractivity contribution in [1.29, 1.82) is 0 Å². The van der Waals surface area contributed by atoms with Gasteiger partial charge in [0.15, 0.2) is 0 Å². The molecule has 0 aliphatic heterocycles. The molecule has 0 N–H and O–H groups in total. The highest BCUT2D eigenvalue weighted by molar-refractivity contribution is 5.72. The predicted octanol–water partition coefficient (Wildman–Crippen LogP) is 4.29. The zero-order valence-corrected chi connectivity index (χ0v) is 11.3. The van der Waals surface area contributed by atoms with Crippen LogP contribution in [0.2, 0.25) is 0 Å². The van der Waals surface area contributed by atoms with Gasteiger partial charge in [0.05, 0.1) is 0 Å². The lowest BCUT2D eigenvalue weighted by molar-refractivity contribution is -0.104. The smallest absolute Gasteiger partial charge is 0.145 e. The quantitative estimate of drug-likeness (QED) is 0.394. The molecule has 0 bridgehead atoms. The fourth-order valence-electron chi connectivity index (χ4n) is 2.54. The summed E-state index contributed by atoms with van der Waals surface area (Å²) in [7, 11) is 0. The molecule has 0 aromatic heterocycles. The predicted molar refractivity (Wildman–Crippen MR) is 69.3 cm³/mol. The fraction of sp³-hybridized carbons (Fsp3) is 0.667.